The number of carbonyl (C=O) groups is 1. The van der Waals surface area contributed by atoms with Gasteiger partial charge in [-0.3, -0.25) is 9.69 Å². The third-order valence-electron chi connectivity index (χ3n) is 7.14. The summed E-state index contributed by atoms with van der Waals surface area (Å²) < 4.78 is 7.43. The first-order valence-corrected chi connectivity index (χ1v) is 13.2. The number of benzene rings is 2. The van der Waals surface area contributed by atoms with Crippen molar-refractivity contribution < 1.29 is 14.6 Å². The van der Waals surface area contributed by atoms with E-state index in [4.69, 9.17) is 4.74 Å². The summed E-state index contributed by atoms with van der Waals surface area (Å²) in [6.45, 7) is 9.43. The summed E-state index contributed by atoms with van der Waals surface area (Å²) in [4.78, 5) is 15.0. The number of fused-ring (bicyclic) bond motifs is 1. The Hall–Kier alpha value is -3.64. The van der Waals surface area contributed by atoms with Crippen molar-refractivity contribution in [1.29, 1.82) is 5.26 Å². The number of rotatable bonds is 10. The van der Waals surface area contributed by atoms with Crippen LogP contribution in [0.25, 0.3) is 27.6 Å². The largest absolute Gasteiger partial charge is 0.396 e. The lowest BCUT2D eigenvalue weighted by atomic mass is 10.0. The van der Waals surface area contributed by atoms with Gasteiger partial charge in [0, 0.05) is 63.5 Å². The molecule has 2 aromatic carbocycles. The fourth-order valence-electron chi connectivity index (χ4n) is 4.73. The molecular weight excluding hydrogens is 478 g/mol. The Balaban J connectivity index is 1.48. The van der Waals surface area contributed by atoms with Crippen molar-refractivity contribution in [2.45, 2.75) is 13.8 Å². The van der Waals surface area contributed by atoms with E-state index in [2.05, 4.69) is 58.0 Å². The number of anilines is 1. The maximum Gasteiger partial charge on any atom is 0.262 e. The van der Waals surface area contributed by atoms with E-state index in [0.29, 0.717) is 12.1 Å². The van der Waals surface area contributed by atoms with Gasteiger partial charge in [0.2, 0.25) is 0 Å². The normalized spacial score (nSPS) is 15.6. The van der Waals surface area contributed by atoms with Crippen LogP contribution in [-0.4, -0.2) is 73.0 Å². The zero-order valence-corrected chi connectivity index (χ0v) is 22.5. The maximum atomic E-state index is 12.6. The number of carbonyl (C=O) groups excluding carboxylic acids is 1. The highest BCUT2D eigenvalue weighted by Gasteiger charge is 2.18. The molecule has 8 heteroatoms. The van der Waals surface area contributed by atoms with Crippen LogP contribution in [0.5, 0.6) is 0 Å². The van der Waals surface area contributed by atoms with Gasteiger partial charge in [-0.05, 0) is 65.1 Å². The molecule has 2 heterocycles. The van der Waals surface area contributed by atoms with Crippen LogP contribution in [0.3, 0.4) is 0 Å². The van der Waals surface area contributed by atoms with E-state index in [9.17, 15) is 15.2 Å². The van der Waals surface area contributed by atoms with Crippen molar-refractivity contribution in [3.05, 3.63) is 59.8 Å². The number of ether oxygens (including phenoxy) is 1. The minimum Gasteiger partial charge on any atom is -0.396 e. The molecule has 1 saturated heterocycles. The van der Waals surface area contributed by atoms with Crippen LogP contribution in [-0.2, 0) is 16.6 Å². The minimum atomic E-state index is -0.423. The number of aliphatic hydroxyl groups excluding tert-OH is 1. The molecule has 1 aliphatic heterocycles. The molecule has 4 rings (SSSR count). The second kappa shape index (κ2) is 12.7. The molecule has 0 spiro atoms. The zero-order valence-electron chi connectivity index (χ0n) is 22.5. The summed E-state index contributed by atoms with van der Waals surface area (Å²) in [7, 11) is 1.95. The van der Waals surface area contributed by atoms with E-state index in [0.717, 1.165) is 72.8 Å². The van der Waals surface area contributed by atoms with E-state index < -0.39 is 5.91 Å². The summed E-state index contributed by atoms with van der Waals surface area (Å²) in [6, 6.07) is 18.8. The van der Waals surface area contributed by atoms with Gasteiger partial charge in [0.05, 0.1) is 13.2 Å². The number of aliphatic hydroxyl groups is 1. The van der Waals surface area contributed by atoms with Crippen LogP contribution < -0.4 is 10.6 Å². The van der Waals surface area contributed by atoms with Crippen molar-refractivity contribution in [3.63, 3.8) is 0 Å². The Bertz CT molecular complexity index is 1350. The number of hydrogen-bond donors (Lipinski definition) is 3. The van der Waals surface area contributed by atoms with Crippen LogP contribution in [0.15, 0.2) is 54.1 Å². The number of hydrogen-bond acceptors (Lipinski definition) is 6. The molecule has 38 heavy (non-hydrogen) atoms. The Morgan fingerprint density at radius 2 is 1.87 bits per heavy atom. The van der Waals surface area contributed by atoms with Gasteiger partial charge >= 0.3 is 0 Å². The van der Waals surface area contributed by atoms with Gasteiger partial charge in [-0.25, -0.2) is 0 Å². The van der Waals surface area contributed by atoms with Gasteiger partial charge < -0.3 is 25.0 Å². The molecule has 0 bridgehead atoms. The predicted octanol–water partition coefficient (Wildman–Crippen LogP) is 3.63. The summed E-state index contributed by atoms with van der Waals surface area (Å²) in [6.07, 6.45) is 0. The third-order valence-corrected chi connectivity index (χ3v) is 7.14. The molecule has 0 radical (unpaired) electrons. The van der Waals surface area contributed by atoms with Crippen LogP contribution in [0.1, 0.15) is 19.5 Å². The van der Waals surface area contributed by atoms with E-state index >= 15 is 0 Å². The molecule has 1 aromatic heterocycles. The maximum absolute atomic E-state index is 12.6. The lowest BCUT2D eigenvalue weighted by Crippen LogP contribution is -2.38. The number of nitrogens with one attached hydrogen (secondary N) is 2. The Morgan fingerprint density at radius 1 is 1.13 bits per heavy atom. The fourth-order valence-corrected chi connectivity index (χ4v) is 4.73. The van der Waals surface area contributed by atoms with Crippen LogP contribution >= 0.6 is 0 Å². The average Bonchev–Trinajstić information content (AvgIpc) is 3.33. The van der Waals surface area contributed by atoms with Gasteiger partial charge in [0.15, 0.2) is 0 Å². The summed E-state index contributed by atoms with van der Waals surface area (Å²) >= 11 is 0. The molecule has 8 nitrogen and oxygen atoms in total. The lowest BCUT2D eigenvalue weighted by Gasteiger charge is -2.26. The molecule has 0 saturated carbocycles. The molecular formula is C30H37N5O3. The lowest BCUT2D eigenvalue weighted by molar-refractivity contribution is -0.117. The van der Waals surface area contributed by atoms with Crippen LogP contribution in [0.2, 0.25) is 0 Å². The van der Waals surface area contributed by atoms with E-state index in [1.54, 1.807) is 6.92 Å². The van der Waals surface area contributed by atoms with E-state index in [1.165, 1.54) is 0 Å². The SMILES string of the molecule is C/C(=C(/C#N)C(=O)NCC(C)CO)c1ccc(-c2ccc3cc(NCCN4CCOCC4)ccc3c2)n1C. The number of amides is 1. The number of nitriles is 1. The summed E-state index contributed by atoms with van der Waals surface area (Å²) in [5.41, 5.74) is 4.67. The molecule has 1 atom stereocenters. The fraction of sp³-hybridized carbons (Fsp3) is 0.400. The van der Waals surface area contributed by atoms with E-state index in [1.807, 2.05) is 30.7 Å². The highest BCUT2D eigenvalue weighted by molar-refractivity contribution is 6.04. The Kier molecular flexibility index (Phi) is 9.19. The summed E-state index contributed by atoms with van der Waals surface area (Å²) in [5.74, 6) is -0.496. The minimum absolute atomic E-state index is 0.0233. The first-order valence-electron chi connectivity index (χ1n) is 13.2. The molecule has 1 unspecified atom stereocenters. The number of allylic oxidation sites excluding steroid dienone is 1. The molecule has 3 N–H and O–H groups in total. The van der Waals surface area contributed by atoms with Crippen molar-refractivity contribution in [3.8, 4) is 17.3 Å². The summed E-state index contributed by atoms with van der Waals surface area (Å²) in [5, 5.41) is 27.5. The van der Waals surface area contributed by atoms with Gasteiger partial charge in [0.1, 0.15) is 11.6 Å². The zero-order chi connectivity index (χ0) is 27.1. The monoisotopic (exact) mass is 515 g/mol. The topological polar surface area (TPSA) is 103 Å². The molecule has 1 amide bonds. The van der Waals surface area contributed by atoms with Crippen molar-refractivity contribution in [1.82, 2.24) is 14.8 Å². The third kappa shape index (κ3) is 6.43. The second-order valence-corrected chi connectivity index (χ2v) is 9.93. The quantitative estimate of drug-likeness (QED) is 0.282. The molecule has 200 valence electrons. The smallest absolute Gasteiger partial charge is 0.262 e. The van der Waals surface area contributed by atoms with Gasteiger partial charge in [-0.1, -0.05) is 25.1 Å². The first kappa shape index (κ1) is 27.4. The standard InChI is InChI=1S/C30H37N5O3/c1-21(20-36)19-33-30(37)27(18-31)22(2)28-8-9-29(34(28)3)25-5-4-24-17-26(7-6-23(24)16-25)32-10-11-35-12-14-38-15-13-35/h4-9,16-17,21,32,36H,10-15,19-20H2,1-3H3,(H,33,37)/b27-22+. The number of nitrogens with zero attached hydrogens (tertiary/aromatic N) is 3. The van der Waals surface area contributed by atoms with Crippen LogP contribution in [0, 0.1) is 17.2 Å². The Labute approximate surface area is 224 Å². The first-order chi connectivity index (χ1) is 18.4. The number of morpholine rings is 1. The van der Waals surface area contributed by atoms with E-state index in [-0.39, 0.29) is 18.1 Å². The molecule has 0 aliphatic carbocycles. The second-order valence-electron chi connectivity index (χ2n) is 9.93. The van der Waals surface area contributed by atoms with Crippen LogP contribution in [0.4, 0.5) is 5.69 Å². The number of aromatic nitrogens is 1. The average molecular weight is 516 g/mol. The van der Waals surface area contributed by atoms with Gasteiger partial charge in [-0.2, -0.15) is 5.26 Å². The van der Waals surface area contributed by atoms with Crippen molar-refractivity contribution >= 4 is 27.9 Å². The molecule has 1 aliphatic rings. The Morgan fingerprint density at radius 3 is 2.61 bits per heavy atom. The predicted molar refractivity (Wildman–Crippen MR) is 152 cm³/mol. The highest BCUT2D eigenvalue weighted by Crippen LogP contribution is 2.30. The highest BCUT2D eigenvalue weighted by atomic mass is 16.5. The molecule has 1 fully saturated rings. The van der Waals surface area contributed by atoms with Crippen molar-refractivity contribution in [2.75, 3.05) is 57.9 Å². The van der Waals surface area contributed by atoms with Crippen molar-refractivity contribution in [2.24, 2.45) is 13.0 Å². The van der Waals surface area contributed by atoms with Gasteiger partial charge in [-0.15, -0.1) is 0 Å². The van der Waals surface area contributed by atoms with Gasteiger partial charge in [0.25, 0.3) is 5.91 Å². The molecule has 3 aromatic rings.